The Morgan fingerprint density at radius 2 is 0.800 bits per heavy atom. The van der Waals surface area contributed by atoms with E-state index in [2.05, 4.69) is 146 Å². The van der Waals surface area contributed by atoms with Gasteiger partial charge in [0.15, 0.2) is 8.32 Å². The van der Waals surface area contributed by atoms with E-state index in [1.54, 1.807) is 0 Å². The van der Waals surface area contributed by atoms with Crippen LogP contribution in [0.1, 0.15) is 191 Å². The SMILES string of the molecule is CCCCCCCCCCCCOc1cc(Br)cc(C#Cc2cc(C#Cc3cc(Br)cc(OCCCCCCCCCCCC)c3)cc(CCO[Si](C)(C)C(C)(C)C)c2)c1. The Labute approximate surface area is 385 Å². The van der Waals surface area contributed by atoms with Gasteiger partial charge < -0.3 is 13.9 Å². The fraction of sp³-hybridized carbons (Fsp3) is 0.593. The van der Waals surface area contributed by atoms with Crippen LogP contribution in [-0.2, 0) is 10.8 Å². The average molecular weight is 963 g/mol. The van der Waals surface area contributed by atoms with Crippen molar-refractivity contribution in [1.29, 1.82) is 0 Å². The van der Waals surface area contributed by atoms with Gasteiger partial charge in [-0.1, -0.05) is 206 Å². The Hall–Kier alpha value is -2.48. The fourth-order valence-electron chi connectivity index (χ4n) is 6.91. The molecule has 6 heteroatoms. The summed E-state index contributed by atoms with van der Waals surface area (Å²) in [6, 6.07) is 18.8. The van der Waals surface area contributed by atoms with Gasteiger partial charge in [-0.3, -0.25) is 0 Å². The van der Waals surface area contributed by atoms with Crippen molar-refractivity contribution in [2.24, 2.45) is 0 Å². The van der Waals surface area contributed by atoms with Crippen molar-refractivity contribution in [2.75, 3.05) is 19.8 Å². The number of benzene rings is 3. The molecule has 0 N–H and O–H groups in total. The van der Waals surface area contributed by atoms with Gasteiger partial charge in [-0.15, -0.1) is 0 Å². The third kappa shape index (κ3) is 22.6. The summed E-state index contributed by atoms with van der Waals surface area (Å²) in [6.45, 7) is 18.2. The summed E-state index contributed by atoms with van der Waals surface area (Å²) in [5.41, 5.74) is 4.88. The van der Waals surface area contributed by atoms with Gasteiger partial charge in [0.05, 0.1) is 13.2 Å². The Kier molecular flexibility index (Phi) is 25.7. The summed E-state index contributed by atoms with van der Waals surface area (Å²) in [4.78, 5) is 0. The molecule has 0 fully saturated rings. The van der Waals surface area contributed by atoms with Crippen molar-refractivity contribution in [3.63, 3.8) is 0 Å². The number of hydrogen-bond donors (Lipinski definition) is 0. The molecular weight excluding hydrogens is 884 g/mol. The van der Waals surface area contributed by atoms with Crippen LogP contribution < -0.4 is 9.47 Å². The van der Waals surface area contributed by atoms with Crippen LogP contribution in [0.3, 0.4) is 0 Å². The molecule has 0 bridgehead atoms. The summed E-state index contributed by atoms with van der Waals surface area (Å²) in [5.74, 6) is 15.5. The molecule has 0 aromatic heterocycles. The minimum Gasteiger partial charge on any atom is -0.494 e. The minimum atomic E-state index is -1.87. The Bertz CT molecular complexity index is 1680. The fourth-order valence-corrected chi connectivity index (χ4v) is 8.90. The van der Waals surface area contributed by atoms with E-state index in [9.17, 15) is 0 Å². The van der Waals surface area contributed by atoms with Gasteiger partial charge in [-0.05, 0) is 97.6 Å². The molecule has 0 aliphatic heterocycles. The van der Waals surface area contributed by atoms with Crippen LogP contribution in [0, 0.1) is 23.7 Å². The third-order valence-corrected chi connectivity index (χ3v) is 17.1. The predicted octanol–water partition coefficient (Wildman–Crippen LogP) is 17.2. The van der Waals surface area contributed by atoms with Crippen molar-refractivity contribution in [3.05, 3.63) is 91.4 Å². The van der Waals surface area contributed by atoms with E-state index in [4.69, 9.17) is 13.9 Å². The molecule has 0 saturated heterocycles. The summed E-state index contributed by atoms with van der Waals surface area (Å²) in [5, 5.41) is 0.163. The second-order valence-corrected chi connectivity index (χ2v) is 24.8. The first kappa shape index (κ1) is 51.9. The lowest BCUT2D eigenvalue weighted by Crippen LogP contribution is -2.41. The zero-order valence-electron chi connectivity index (χ0n) is 38.6. The molecule has 0 atom stereocenters. The number of halogens is 2. The number of rotatable bonds is 28. The first-order valence-corrected chi connectivity index (χ1v) is 28.1. The second kappa shape index (κ2) is 29.8. The van der Waals surface area contributed by atoms with Crippen LogP contribution in [0.15, 0.2) is 63.5 Å². The van der Waals surface area contributed by atoms with E-state index in [1.165, 1.54) is 121 Å². The quantitative estimate of drug-likeness (QED) is 0.0412. The monoisotopic (exact) mass is 960 g/mol. The molecule has 60 heavy (non-hydrogen) atoms. The summed E-state index contributed by atoms with van der Waals surface area (Å²) in [6.07, 6.45) is 27.1. The van der Waals surface area contributed by atoms with Gasteiger partial charge in [0.1, 0.15) is 11.5 Å². The maximum atomic E-state index is 6.58. The van der Waals surface area contributed by atoms with Gasteiger partial charge in [-0.25, -0.2) is 0 Å². The molecule has 0 radical (unpaired) electrons. The van der Waals surface area contributed by atoms with Crippen molar-refractivity contribution in [1.82, 2.24) is 0 Å². The van der Waals surface area contributed by atoms with Crippen LogP contribution in [0.25, 0.3) is 0 Å². The molecule has 0 aliphatic rings. The van der Waals surface area contributed by atoms with Crippen molar-refractivity contribution < 1.29 is 13.9 Å². The molecule has 3 aromatic carbocycles. The lowest BCUT2D eigenvalue weighted by molar-refractivity contribution is 0.292. The normalized spacial score (nSPS) is 11.5. The van der Waals surface area contributed by atoms with Crippen molar-refractivity contribution in [3.8, 4) is 35.2 Å². The van der Waals surface area contributed by atoms with E-state index < -0.39 is 8.32 Å². The van der Waals surface area contributed by atoms with Crippen molar-refractivity contribution >= 4 is 40.2 Å². The van der Waals surface area contributed by atoms with Gasteiger partial charge in [0.2, 0.25) is 0 Å². The highest BCUT2D eigenvalue weighted by atomic mass is 79.9. The lowest BCUT2D eigenvalue weighted by atomic mass is 10.0. The molecule has 330 valence electrons. The predicted molar refractivity (Wildman–Crippen MR) is 268 cm³/mol. The Morgan fingerprint density at radius 3 is 1.17 bits per heavy atom. The zero-order chi connectivity index (χ0) is 43.5. The highest BCUT2D eigenvalue weighted by molar-refractivity contribution is 9.10. The molecule has 0 saturated carbocycles. The number of hydrogen-bond acceptors (Lipinski definition) is 3. The van der Waals surface area contributed by atoms with Crippen molar-refractivity contribution in [2.45, 2.75) is 188 Å². The molecule has 3 aromatic rings. The zero-order valence-corrected chi connectivity index (χ0v) is 42.8. The third-order valence-electron chi connectivity index (χ3n) is 11.6. The summed E-state index contributed by atoms with van der Waals surface area (Å²) in [7, 11) is -1.87. The van der Waals surface area contributed by atoms with Crippen LogP contribution in [0.4, 0.5) is 0 Å². The Balaban J connectivity index is 1.66. The highest BCUT2D eigenvalue weighted by Crippen LogP contribution is 2.36. The average Bonchev–Trinajstić information content (AvgIpc) is 3.19. The van der Waals surface area contributed by atoms with Gasteiger partial charge >= 0.3 is 0 Å². The largest absolute Gasteiger partial charge is 0.494 e. The lowest BCUT2D eigenvalue weighted by Gasteiger charge is -2.36. The molecule has 3 nitrogen and oxygen atoms in total. The van der Waals surface area contributed by atoms with Crippen LogP contribution in [-0.4, -0.2) is 28.1 Å². The smallest absolute Gasteiger partial charge is 0.191 e. The second-order valence-electron chi connectivity index (χ2n) is 18.2. The molecular formula is C54H78Br2O3Si. The molecule has 3 rings (SSSR count). The van der Waals surface area contributed by atoms with Crippen LogP contribution >= 0.6 is 31.9 Å². The van der Waals surface area contributed by atoms with E-state index in [0.717, 1.165) is 75.2 Å². The first-order chi connectivity index (χ1) is 28.9. The molecule has 0 heterocycles. The van der Waals surface area contributed by atoms with E-state index in [-0.39, 0.29) is 5.04 Å². The molecule has 0 amide bonds. The van der Waals surface area contributed by atoms with Gasteiger partial charge in [0, 0.05) is 37.8 Å². The topological polar surface area (TPSA) is 27.7 Å². The molecule has 0 unspecified atom stereocenters. The van der Waals surface area contributed by atoms with E-state index in [0.29, 0.717) is 6.61 Å². The summed E-state index contributed by atoms with van der Waals surface area (Å²) < 4.78 is 20.9. The highest BCUT2D eigenvalue weighted by Gasteiger charge is 2.36. The number of unbranched alkanes of at least 4 members (excludes halogenated alkanes) is 18. The van der Waals surface area contributed by atoms with Crippen LogP contribution in [0.5, 0.6) is 11.5 Å². The maximum absolute atomic E-state index is 6.58. The summed E-state index contributed by atoms with van der Waals surface area (Å²) >= 11 is 7.39. The van der Waals surface area contributed by atoms with Gasteiger partial charge in [0.25, 0.3) is 0 Å². The molecule has 0 spiro atoms. The van der Waals surface area contributed by atoms with Crippen LogP contribution in [0.2, 0.25) is 18.1 Å². The van der Waals surface area contributed by atoms with Gasteiger partial charge in [-0.2, -0.15) is 0 Å². The minimum absolute atomic E-state index is 0.163. The maximum Gasteiger partial charge on any atom is 0.191 e. The Morgan fingerprint density at radius 1 is 0.450 bits per heavy atom. The molecule has 0 aliphatic carbocycles. The first-order valence-electron chi connectivity index (χ1n) is 23.6. The van der Waals surface area contributed by atoms with E-state index >= 15 is 0 Å². The standard InChI is InChI=1S/C54H78Br2O3Si/c1-8-10-12-14-16-18-20-22-24-26-33-57-52-41-47(39-50(55)43-52)30-28-45-36-46(38-49(37-45)32-35-59-60(6,7)54(3,4)5)29-31-48-40-51(56)44-53(42-48)58-34-27-25-23-21-19-17-15-13-11-9-2/h36-44H,8-27,32-35H2,1-7H3. The number of ether oxygens (including phenoxy) is 2. The van der Waals surface area contributed by atoms with E-state index in [1.807, 2.05) is 12.1 Å².